The van der Waals surface area contributed by atoms with Gasteiger partial charge < -0.3 is 15.2 Å². The van der Waals surface area contributed by atoms with Crippen LogP contribution in [0.4, 0.5) is 16.2 Å². The largest absolute Gasteiger partial charge is 0.502 e. The van der Waals surface area contributed by atoms with Gasteiger partial charge in [-0.05, 0) is 55.1 Å². The summed E-state index contributed by atoms with van der Waals surface area (Å²) in [6.45, 7) is 1.81. The number of nitrogens with zero attached hydrogens (tertiary/aromatic N) is 2. The maximum absolute atomic E-state index is 12.6. The fraction of sp³-hybridized carbons (Fsp3) is 0.150. The van der Waals surface area contributed by atoms with Crippen LogP contribution in [0.2, 0.25) is 5.02 Å². The normalized spacial score (nSPS) is 14.7. The van der Waals surface area contributed by atoms with Crippen LogP contribution in [0.3, 0.4) is 0 Å². The molecule has 1 fully saturated rings. The van der Waals surface area contributed by atoms with Gasteiger partial charge in [0.1, 0.15) is 12.3 Å². The number of nitrogens with one attached hydrogen (secondary N) is 1. The molecule has 0 spiro atoms. The molecule has 3 rings (SSSR count). The Morgan fingerprint density at radius 3 is 2.62 bits per heavy atom. The molecule has 10 nitrogen and oxygen atoms in total. The SMILES string of the molecule is CCOc1ccc(NC(=O)CN2C(=O)S/C(=C/c3cc(Cl)cc([N+](=O)[O-])c3O)C2=O)cc1. The van der Waals surface area contributed by atoms with Crippen molar-refractivity contribution in [1.82, 2.24) is 4.90 Å². The van der Waals surface area contributed by atoms with Crippen LogP contribution in [0, 0.1) is 10.1 Å². The van der Waals surface area contributed by atoms with Gasteiger partial charge in [-0.25, -0.2) is 0 Å². The second-order valence-electron chi connectivity index (χ2n) is 6.39. The molecular weight excluding hydrogens is 462 g/mol. The molecule has 2 aromatic carbocycles. The lowest BCUT2D eigenvalue weighted by molar-refractivity contribution is -0.385. The Balaban J connectivity index is 1.73. The number of benzene rings is 2. The molecule has 0 radical (unpaired) electrons. The molecular formula is C20H16ClN3O7S. The first-order chi connectivity index (χ1) is 15.2. The number of nitro benzene ring substituents is 1. The van der Waals surface area contributed by atoms with E-state index in [4.69, 9.17) is 16.3 Å². The minimum absolute atomic E-state index is 0.0327. The summed E-state index contributed by atoms with van der Waals surface area (Å²) in [5.74, 6) is -1.44. The molecule has 1 aliphatic rings. The standard InChI is InChI=1S/C20H16ClN3O7S/c1-2-31-14-5-3-13(4-6-14)22-17(25)10-23-19(27)16(32-20(23)28)8-11-7-12(21)9-15(18(11)26)24(29)30/h3-9,26H,2,10H2,1H3,(H,22,25)/b16-8+. The predicted molar refractivity (Wildman–Crippen MR) is 119 cm³/mol. The topological polar surface area (TPSA) is 139 Å². The summed E-state index contributed by atoms with van der Waals surface area (Å²) in [7, 11) is 0. The molecule has 2 aromatic rings. The van der Waals surface area contributed by atoms with Gasteiger partial charge >= 0.3 is 5.69 Å². The number of imide groups is 1. The second-order valence-corrected chi connectivity index (χ2v) is 7.82. The summed E-state index contributed by atoms with van der Waals surface area (Å²) in [4.78, 5) is 48.0. The zero-order valence-electron chi connectivity index (χ0n) is 16.5. The molecule has 0 aromatic heterocycles. The highest BCUT2D eigenvalue weighted by atomic mass is 35.5. The molecule has 2 N–H and O–H groups in total. The van der Waals surface area contributed by atoms with E-state index in [0.717, 1.165) is 17.0 Å². The molecule has 0 atom stereocenters. The van der Waals surface area contributed by atoms with Crippen molar-refractivity contribution in [2.45, 2.75) is 6.92 Å². The third-order valence-corrected chi connectivity index (χ3v) is 5.32. The zero-order valence-corrected chi connectivity index (χ0v) is 18.1. The lowest BCUT2D eigenvalue weighted by atomic mass is 10.1. The Bertz CT molecular complexity index is 1130. The number of aromatic hydroxyl groups is 1. The van der Waals surface area contributed by atoms with Crippen molar-refractivity contribution in [2.75, 3.05) is 18.5 Å². The molecule has 166 valence electrons. The van der Waals surface area contributed by atoms with E-state index in [9.17, 15) is 29.6 Å². The highest BCUT2D eigenvalue weighted by molar-refractivity contribution is 8.18. The van der Waals surface area contributed by atoms with E-state index >= 15 is 0 Å². The average Bonchev–Trinajstić information content (AvgIpc) is 2.99. The molecule has 0 unspecified atom stereocenters. The van der Waals surface area contributed by atoms with Crippen LogP contribution in [0.15, 0.2) is 41.3 Å². The van der Waals surface area contributed by atoms with Gasteiger partial charge in [0.15, 0.2) is 0 Å². The first kappa shape index (κ1) is 23.1. The third kappa shape index (κ3) is 5.18. The molecule has 1 aliphatic heterocycles. The first-order valence-corrected chi connectivity index (χ1v) is 10.3. The third-order valence-electron chi connectivity index (χ3n) is 4.19. The molecule has 1 saturated heterocycles. The van der Waals surface area contributed by atoms with Crippen LogP contribution < -0.4 is 10.1 Å². The Labute approximate surface area is 190 Å². The summed E-state index contributed by atoms with van der Waals surface area (Å²) >= 11 is 6.38. The monoisotopic (exact) mass is 477 g/mol. The number of phenols is 1. The molecule has 12 heteroatoms. The van der Waals surface area contributed by atoms with Crippen molar-refractivity contribution in [3.63, 3.8) is 0 Å². The second kappa shape index (κ2) is 9.71. The Kier molecular flexibility index (Phi) is 7.01. The summed E-state index contributed by atoms with van der Waals surface area (Å²) in [5, 5.41) is 23.0. The van der Waals surface area contributed by atoms with Gasteiger partial charge in [-0.3, -0.25) is 29.4 Å². The highest BCUT2D eigenvalue weighted by Gasteiger charge is 2.36. The Morgan fingerprint density at radius 2 is 2.00 bits per heavy atom. The first-order valence-electron chi connectivity index (χ1n) is 9.14. The number of nitro groups is 1. The highest BCUT2D eigenvalue weighted by Crippen LogP contribution is 2.38. The number of anilines is 1. The number of phenolic OH excluding ortho intramolecular Hbond substituents is 1. The smallest absolute Gasteiger partial charge is 0.312 e. The summed E-state index contributed by atoms with van der Waals surface area (Å²) in [6.07, 6.45) is 1.11. The van der Waals surface area contributed by atoms with Crippen molar-refractivity contribution in [1.29, 1.82) is 0 Å². The fourth-order valence-corrected chi connectivity index (χ4v) is 3.83. The number of amides is 3. The summed E-state index contributed by atoms with van der Waals surface area (Å²) < 4.78 is 5.32. The molecule has 0 saturated carbocycles. The van der Waals surface area contributed by atoms with E-state index in [0.29, 0.717) is 29.8 Å². The number of rotatable bonds is 7. The maximum Gasteiger partial charge on any atom is 0.312 e. The van der Waals surface area contributed by atoms with Gasteiger partial charge in [-0.1, -0.05) is 11.6 Å². The number of ether oxygens (including phenoxy) is 1. The zero-order chi connectivity index (χ0) is 23.4. The van der Waals surface area contributed by atoms with Crippen LogP contribution in [-0.2, 0) is 9.59 Å². The Hall–Kier alpha value is -3.57. The van der Waals surface area contributed by atoms with Crippen molar-refractivity contribution >= 4 is 57.9 Å². The molecule has 32 heavy (non-hydrogen) atoms. The van der Waals surface area contributed by atoms with Crippen molar-refractivity contribution in [2.24, 2.45) is 0 Å². The number of hydrogen-bond acceptors (Lipinski definition) is 8. The van der Waals surface area contributed by atoms with Gasteiger partial charge in [0.2, 0.25) is 11.7 Å². The van der Waals surface area contributed by atoms with Crippen molar-refractivity contribution < 1.29 is 29.2 Å². The van der Waals surface area contributed by atoms with E-state index in [-0.39, 0.29) is 15.5 Å². The predicted octanol–water partition coefficient (Wildman–Crippen LogP) is 4.03. The fourth-order valence-electron chi connectivity index (χ4n) is 2.78. The van der Waals surface area contributed by atoms with Gasteiger partial charge in [-0.2, -0.15) is 0 Å². The molecule has 3 amide bonds. The van der Waals surface area contributed by atoms with Gasteiger partial charge in [0.25, 0.3) is 11.1 Å². The minimum Gasteiger partial charge on any atom is -0.502 e. The van der Waals surface area contributed by atoms with E-state index < -0.39 is 40.0 Å². The lowest BCUT2D eigenvalue weighted by Gasteiger charge is -2.12. The van der Waals surface area contributed by atoms with Gasteiger partial charge in [0.05, 0.1) is 16.4 Å². The lowest BCUT2D eigenvalue weighted by Crippen LogP contribution is -2.36. The molecule has 0 bridgehead atoms. The summed E-state index contributed by atoms with van der Waals surface area (Å²) in [5.41, 5.74) is -0.289. The number of carbonyl (C=O) groups is 3. The maximum atomic E-state index is 12.6. The molecule has 0 aliphatic carbocycles. The molecule has 1 heterocycles. The van der Waals surface area contributed by atoms with Crippen LogP contribution in [0.25, 0.3) is 6.08 Å². The number of carbonyl (C=O) groups excluding carboxylic acids is 3. The van der Waals surface area contributed by atoms with Crippen LogP contribution in [0.5, 0.6) is 11.5 Å². The van der Waals surface area contributed by atoms with Crippen molar-refractivity contribution in [3.05, 3.63) is 62.0 Å². The van der Waals surface area contributed by atoms with Crippen LogP contribution >= 0.6 is 23.4 Å². The Morgan fingerprint density at radius 1 is 1.31 bits per heavy atom. The quantitative estimate of drug-likeness (QED) is 0.346. The minimum atomic E-state index is -0.824. The number of hydrogen-bond donors (Lipinski definition) is 2. The van der Waals surface area contributed by atoms with E-state index in [1.165, 1.54) is 6.07 Å². The van der Waals surface area contributed by atoms with E-state index in [1.54, 1.807) is 24.3 Å². The van der Waals surface area contributed by atoms with Gasteiger partial charge in [-0.15, -0.1) is 0 Å². The number of thioether (sulfide) groups is 1. The van der Waals surface area contributed by atoms with E-state index in [1.807, 2.05) is 6.92 Å². The number of halogens is 1. The van der Waals surface area contributed by atoms with Crippen molar-refractivity contribution in [3.8, 4) is 11.5 Å². The van der Waals surface area contributed by atoms with E-state index in [2.05, 4.69) is 5.32 Å². The average molecular weight is 478 g/mol. The summed E-state index contributed by atoms with van der Waals surface area (Å²) in [6, 6.07) is 8.75. The van der Waals surface area contributed by atoms with Gasteiger partial charge in [0, 0.05) is 22.3 Å². The van der Waals surface area contributed by atoms with Crippen LogP contribution in [0.1, 0.15) is 12.5 Å². The van der Waals surface area contributed by atoms with Crippen LogP contribution in [-0.4, -0.2) is 45.1 Å².